The first-order valence-electron chi connectivity index (χ1n) is 11.5. The molecule has 0 bridgehead atoms. The molecule has 4 aromatic rings. The molecular formula is C28H23F2N3O3. The summed E-state index contributed by atoms with van der Waals surface area (Å²) in [5, 5.41) is 9.47. The molecule has 8 heteroatoms. The number of aromatic nitrogens is 1. The Morgan fingerprint density at radius 2 is 1.86 bits per heavy atom. The largest absolute Gasteiger partial charge is 0.477 e. The van der Waals surface area contributed by atoms with Crippen molar-refractivity contribution in [2.75, 3.05) is 18.0 Å². The minimum absolute atomic E-state index is 0.0200. The molecule has 1 atom stereocenters. The summed E-state index contributed by atoms with van der Waals surface area (Å²) in [5.41, 5.74) is 1.97. The normalized spacial score (nSPS) is 15.8. The van der Waals surface area contributed by atoms with Crippen LogP contribution in [0.5, 0.6) is 0 Å². The molecule has 0 aliphatic carbocycles. The number of aromatic carboxylic acids is 1. The van der Waals surface area contributed by atoms with E-state index in [4.69, 9.17) is 4.99 Å². The van der Waals surface area contributed by atoms with E-state index >= 15 is 4.39 Å². The van der Waals surface area contributed by atoms with Crippen LogP contribution in [0.2, 0.25) is 0 Å². The van der Waals surface area contributed by atoms with Crippen molar-refractivity contribution in [1.29, 1.82) is 0 Å². The molecule has 0 spiro atoms. The quantitative estimate of drug-likeness (QED) is 0.403. The molecule has 36 heavy (non-hydrogen) atoms. The molecule has 1 aromatic heterocycles. The number of pyridine rings is 1. The van der Waals surface area contributed by atoms with Crippen LogP contribution in [0.3, 0.4) is 0 Å². The average molecular weight is 488 g/mol. The second-order valence-electron chi connectivity index (χ2n) is 8.87. The van der Waals surface area contributed by atoms with Gasteiger partial charge in [0.05, 0.1) is 17.2 Å². The van der Waals surface area contributed by atoms with Crippen molar-refractivity contribution in [2.45, 2.75) is 19.4 Å². The number of hydrogen-bond donors (Lipinski definition) is 1. The van der Waals surface area contributed by atoms with E-state index in [9.17, 15) is 19.1 Å². The van der Waals surface area contributed by atoms with Gasteiger partial charge in [0.2, 0.25) is 5.43 Å². The van der Waals surface area contributed by atoms with Gasteiger partial charge in [0.1, 0.15) is 17.2 Å². The number of carboxylic acids is 1. The number of nitrogens with zero attached hydrogens (tertiary/aromatic N) is 3. The molecule has 2 heterocycles. The van der Waals surface area contributed by atoms with Crippen LogP contribution < -0.4 is 10.3 Å². The first-order chi connectivity index (χ1) is 17.3. The first kappa shape index (κ1) is 23.4. The predicted octanol–water partition coefficient (Wildman–Crippen LogP) is 4.97. The van der Waals surface area contributed by atoms with Crippen LogP contribution in [0.15, 0.2) is 76.6 Å². The summed E-state index contributed by atoms with van der Waals surface area (Å²) in [4.78, 5) is 31.1. The number of anilines is 1. The highest BCUT2D eigenvalue weighted by Crippen LogP contribution is 2.30. The molecule has 182 valence electrons. The maximum absolute atomic E-state index is 15.3. The van der Waals surface area contributed by atoms with Crippen LogP contribution in [0, 0.1) is 18.6 Å². The van der Waals surface area contributed by atoms with Crippen molar-refractivity contribution in [1.82, 2.24) is 4.57 Å². The maximum Gasteiger partial charge on any atom is 0.341 e. The van der Waals surface area contributed by atoms with Crippen LogP contribution >= 0.6 is 0 Å². The standard InChI is InChI=1S/C28H23F2N3O3/c1-17-4-2-3-5-18(17)14-31-20-10-11-32(15-20)26-13-25-22(12-24(26)30)27(34)23(28(35)36)16-33(25)21-8-6-19(29)7-9-21/h2-9,12-14,16,20H,10-11,15H2,1H3,(H,35,36). The van der Waals surface area contributed by atoms with Crippen molar-refractivity contribution >= 4 is 28.8 Å². The van der Waals surface area contributed by atoms with E-state index in [0.29, 0.717) is 30.0 Å². The molecule has 1 aliphatic heterocycles. The Bertz CT molecular complexity index is 1560. The van der Waals surface area contributed by atoms with E-state index < -0.39 is 28.6 Å². The highest BCUT2D eigenvalue weighted by molar-refractivity contribution is 5.94. The summed E-state index contributed by atoms with van der Waals surface area (Å²) < 4.78 is 30.3. The summed E-state index contributed by atoms with van der Waals surface area (Å²) in [5.74, 6) is -2.49. The summed E-state index contributed by atoms with van der Waals surface area (Å²) in [7, 11) is 0. The topological polar surface area (TPSA) is 74.9 Å². The highest BCUT2D eigenvalue weighted by atomic mass is 19.1. The zero-order valence-electron chi connectivity index (χ0n) is 19.5. The lowest BCUT2D eigenvalue weighted by Gasteiger charge is -2.21. The van der Waals surface area contributed by atoms with Crippen LogP contribution in [0.4, 0.5) is 14.5 Å². The number of aliphatic imine (C=N–C) groups is 1. The van der Waals surface area contributed by atoms with E-state index in [1.54, 1.807) is 6.07 Å². The molecule has 5 rings (SSSR count). The molecule has 1 N–H and O–H groups in total. The van der Waals surface area contributed by atoms with Crippen molar-refractivity contribution in [3.8, 4) is 5.69 Å². The van der Waals surface area contributed by atoms with Crippen molar-refractivity contribution in [3.05, 3.63) is 105 Å². The van der Waals surface area contributed by atoms with E-state index in [1.807, 2.05) is 42.3 Å². The van der Waals surface area contributed by atoms with Crippen LogP contribution in [-0.4, -0.2) is 41.0 Å². The van der Waals surface area contributed by atoms with E-state index in [1.165, 1.54) is 35.0 Å². The summed E-state index contributed by atoms with van der Waals surface area (Å²) in [6, 6.07) is 16.0. The predicted molar refractivity (Wildman–Crippen MR) is 136 cm³/mol. The Balaban J connectivity index is 1.54. The molecule has 3 aromatic carbocycles. The Hall–Kier alpha value is -4.33. The molecule has 0 saturated carbocycles. The Labute approximate surface area is 205 Å². The van der Waals surface area contributed by atoms with Crippen LogP contribution in [0.1, 0.15) is 27.9 Å². The molecule has 0 radical (unpaired) electrons. The minimum Gasteiger partial charge on any atom is -0.477 e. The van der Waals surface area contributed by atoms with Gasteiger partial charge in [0.25, 0.3) is 0 Å². The molecule has 1 saturated heterocycles. The first-order valence-corrected chi connectivity index (χ1v) is 11.5. The molecular weight excluding hydrogens is 464 g/mol. The van der Waals surface area contributed by atoms with Gasteiger partial charge in [-0.15, -0.1) is 0 Å². The molecule has 1 aliphatic rings. The Morgan fingerprint density at radius 1 is 1.11 bits per heavy atom. The second-order valence-corrected chi connectivity index (χ2v) is 8.87. The highest BCUT2D eigenvalue weighted by Gasteiger charge is 2.26. The fourth-order valence-corrected chi connectivity index (χ4v) is 4.54. The number of halogens is 2. The Kier molecular flexibility index (Phi) is 6.10. The van der Waals surface area contributed by atoms with Gasteiger partial charge in [0.15, 0.2) is 0 Å². The van der Waals surface area contributed by atoms with Crippen LogP contribution in [-0.2, 0) is 0 Å². The van der Waals surface area contributed by atoms with Gasteiger partial charge in [-0.25, -0.2) is 13.6 Å². The zero-order valence-corrected chi connectivity index (χ0v) is 19.5. The fourth-order valence-electron chi connectivity index (χ4n) is 4.54. The van der Waals surface area contributed by atoms with Gasteiger partial charge in [0, 0.05) is 36.6 Å². The molecule has 1 fully saturated rings. The van der Waals surface area contributed by atoms with E-state index in [0.717, 1.165) is 23.6 Å². The van der Waals surface area contributed by atoms with Gasteiger partial charge in [-0.1, -0.05) is 24.3 Å². The lowest BCUT2D eigenvalue weighted by molar-refractivity contribution is 0.0695. The number of hydrogen-bond acceptors (Lipinski definition) is 4. The van der Waals surface area contributed by atoms with E-state index in [2.05, 4.69) is 0 Å². The van der Waals surface area contributed by atoms with Crippen LogP contribution in [0.25, 0.3) is 16.6 Å². The zero-order chi connectivity index (χ0) is 25.4. The van der Waals surface area contributed by atoms with E-state index in [-0.39, 0.29) is 11.4 Å². The molecule has 6 nitrogen and oxygen atoms in total. The lowest BCUT2D eigenvalue weighted by Crippen LogP contribution is -2.23. The number of benzene rings is 3. The molecule has 0 amide bonds. The maximum atomic E-state index is 15.3. The fraction of sp³-hybridized carbons (Fsp3) is 0.179. The lowest BCUT2D eigenvalue weighted by atomic mass is 10.1. The monoisotopic (exact) mass is 487 g/mol. The van der Waals surface area contributed by atoms with Gasteiger partial charge >= 0.3 is 5.97 Å². The van der Waals surface area contributed by atoms with Crippen molar-refractivity contribution in [2.24, 2.45) is 4.99 Å². The Morgan fingerprint density at radius 3 is 2.58 bits per heavy atom. The third-order valence-corrected chi connectivity index (χ3v) is 6.52. The number of carbonyl (C=O) groups is 1. The smallest absolute Gasteiger partial charge is 0.341 e. The number of aryl methyl sites for hydroxylation is 1. The third-order valence-electron chi connectivity index (χ3n) is 6.52. The summed E-state index contributed by atoms with van der Waals surface area (Å²) >= 11 is 0. The number of rotatable bonds is 5. The SMILES string of the molecule is Cc1ccccc1C=NC1CCN(c2cc3c(cc2F)c(=O)c(C(=O)O)cn3-c2ccc(F)cc2)C1. The van der Waals surface area contributed by atoms with Crippen molar-refractivity contribution in [3.63, 3.8) is 0 Å². The third kappa shape index (κ3) is 4.37. The molecule has 1 unspecified atom stereocenters. The summed E-state index contributed by atoms with van der Waals surface area (Å²) in [6.45, 7) is 3.09. The summed E-state index contributed by atoms with van der Waals surface area (Å²) in [6.07, 6.45) is 3.78. The van der Waals surface area contributed by atoms with Gasteiger partial charge in [-0.2, -0.15) is 0 Å². The van der Waals surface area contributed by atoms with Crippen molar-refractivity contribution < 1.29 is 18.7 Å². The van der Waals surface area contributed by atoms with Gasteiger partial charge in [-0.05, 0) is 60.9 Å². The second kappa shape index (κ2) is 9.37. The number of carboxylic acid groups (broad SMARTS) is 1. The van der Waals surface area contributed by atoms with Gasteiger partial charge < -0.3 is 14.6 Å². The number of fused-ring (bicyclic) bond motifs is 1. The minimum atomic E-state index is -1.42. The van der Waals surface area contributed by atoms with Gasteiger partial charge in [-0.3, -0.25) is 9.79 Å². The average Bonchev–Trinajstić information content (AvgIpc) is 3.33.